The maximum Gasteiger partial charge on any atom is 0.270 e. The highest BCUT2D eigenvalue weighted by atomic mass is 16.5. The molecule has 1 amide bonds. The third-order valence-corrected chi connectivity index (χ3v) is 5.79. The van der Waals surface area contributed by atoms with Crippen molar-refractivity contribution in [2.45, 2.75) is 44.8 Å². The van der Waals surface area contributed by atoms with E-state index < -0.39 is 5.91 Å². The lowest BCUT2D eigenvalue weighted by atomic mass is 9.93. The molecular weight excluding hydrogens is 424 g/mol. The minimum atomic E-state index is -0.649. The zero-order valence-corrected chi connectivity index (χ0v) is 18.2. The molecule has 11 heteroatoms. The lowest BCUT2D eigenvalue weighted by Gasteiger charge is -2.28. The van der Waals surface area contributed by atoms with Gasteiger partial charge in [-0.05, 0) is 38.7 Å². The molecule has 0 aliphatic heterocycles. The number of nitrogens with zero attached hydrogens (tertiary/aromatic N) is 7. The quantitative estimate of drug-likeness (QED) is 0.455. The molecule has 5 rings (SSSR count). The van der Waals surface area contributed by atoms with Gasteiger partial charge in [0.05, 0.1) is 35.8 Å². The summed E-state index contributed by atoms with van der Waals surface area (Å²) >= 11 is 0. The van der Waals surface area contributed by atoms with Gasteiger partial charge in [-0.1, -0.05) is 0 Å². The van der Waals surface area contributed by atoms with E-state index in [0.717, 1.165) is 38.0 Å². The number of hydrogen-bond donors (Lipinski definition) is 1. The van der Waals surface area contributed by atoms with Crippen LogP contribution in [0.5, 0.6) is 0 Å². The molecule has 1 fully saturated rings. The van der Waals surface area contributed by atoms with E-state index in [0.29, 0.717) is 23.1 Å². The number of rotatable bonds is 7. The van der Waals surface area contributed by atoms with Crippen LogP contribution in [-0.2, 0) is 4.74 Å². The van der Waals surface area contributed by atoms with Crippen molar-refractivity contribution in [1.82, 2.24) is 34.5 Å². The van der Waals surface area contributed by atoms with E-state index in [1.54, 1.807) is 23.3 Å². The minimum absolute atomic E-state index is 0.0647. The Labute approximate surface area is 189 Å². The Morgan fingerprint density at radius 2 is 2.12 bits per heavy atom. The van der Waals surface area contributed by atoms with E-state index in [2.05, 4.69) is 20.1 Å². The van der Waals surface area contributed by atoms with Gasteiger partial charge in [0.2, 0.25) is 5.89 Å². The maximum absolute atomic E-state index is 11.3. The van der Waals surface area contributed by atoms with Crippen molar-refractivity contribution in [1.29, 1.82) is 0 Å². The van der Waals surface area contributed by atoms with E-state index in [1.807, 2.05) is 23.9 Å². The van der Waals surface area contributed by atoms with Crippen LogP contribution >= 0.6 is 0 Å². The number of ether oxygens (including phenoxy) is 1. The van der Waals surface area contributed by atoms with Crippen LogP contribution in [0.4, 0.5) is 0 Å². The highest BCUT2D eigenvalue weighted by Crippen LogP contribution is 2.33. The Balaban J connectivity index is 1.48. The molecule has 11 nitrogen and oxygen atoms in total. The van der Waals surface area contributed by atoms with Crippen molar-refractivity contribution in [3.63, 3.8) is 0 Å². The number of hydrogen-bond acceptors (Lipinski definition) is 8. The van der Waals surface area contributed by atoms with Gasteiger partial charge in [0, 0.05) is 19.0 Å². The monoisotopic (exact) mass is 448 g/mol. The van der Waals surface area contributed by atoms with Crippen LogP contribution in [0.2, 0.25) is 0 Å². The van der Waals surface area contributed by atoms with Crippen molar-refractivity contribution >= 4 is 5.91 Å². The zero-order chi connectivity index (χ0) is 22.8. The van der Waals surface area contributed by atoms with E-state index in [1.165, 1.54) is 12.6 Å². The summed E-state index contributed by atoms with van der Waals surface area (Å²) in [6.07, 6.45) is 14.1. The van der Waals surface area contributed by atoms with Gasteiger partial charge in [-0.25, -0.2) is 19.6 Å². The van der Waals surface area contributed by atoms with Crippen LogP contribution in [0.1, 0.15) is 49.1 Å². The Hall–Kier alpha value is -3.86. The average Bonchev–Trinajstić information content (AvgIpc) is 3.59. The summed E-state index contributed by atoms with van der Waals surface area (Å²) in [5.74, 6) is -0.385. The molecular formula is C22H24N8O3. The van der Waals surface area contributed by atoms with Crippen molar-refractivity contribution < 1.29 is 13.9 Å². The smallest absolute Gasteiger partial charge is 0.270 e. The number of oxazole rings is 1. The Morgan fingerprint density at radius 3 is 2.82 bits per heavy atom. The number of primary amides is 1. The summed E-state index contributed by atoms with van der Waals surface area (Å²) in [5.41, 5.74) is 8.12. The van der Waals surface area contributed by atoms with Crippen molar-refractivity contribution in [2.75, 3.05) is 6.61 Å². The molecule has 4 aromatic rings. The fourth-order valence-electron chi connectivity index (χ4n) is 4.15. The fourth-order valence-corrected chi connectivity index (χ4v) is 4.15. The predicted molar refractivity (Wildman–Crippen MR) is 117 cm³/mol. The van der Waals surface area contributed by atoms with Gasteiger partial charge in [-0.3, -0.25) is 9.48 Å². The lowest BCUT2D eigenvalue weighted by Crippen LogP contribution is -2.24. The average molecular weight is 448 g/mol. The molecule has 0 radical (unpaired) electrons. The van der Waals surface area contributed by atoms with E-state index in [9.17, 15) is 4.79 Å². The first-order valence-corrected chi connectivity index (χ1v) is 10.9. The number of carbonyl (C=O) groups is 1. The van der Waals surface area contributed by atoms with Gasteiger partial charge in [0.1, 0.15) is 24.0 Å². The van der Waals surface area contributed by atoms with Crippen molar-refractivity contribution in [2.24, 2.45) is 5.73 Å². The minimum Gasteiger partial charge on any atom is -0.444 e. The van der Waals surface area contributed by atoms with Gasteiger partial charge in [0.25, 0.3) is 5.91 Å². The second kappa shape index (κ2) is 8.94. The van der Waals surface area contributed by atoms with E-state index in [4.69, 9.17) is 20.0 Å². The normalized spacial score (nSPS) is 18.5. The van der Waals surface area contributed by atoms with Crippen LogP contribution in [-0.4, -0.2) is 53.1 Å². The van der Waals surface area contributed by atoms with Gasteiger partial charge in [0.15, 0.2) is 5.69 Å². The van der Waals surface area contributed by atoms with Gasteiger partial charge in [-0.2, -0.15) is 10.2 Å². The highest BCUT2D eigenvalue weighted by Gasteiger charge is 2.26. The number of carbonyl (C=O) groups excluding carboxylic acids is 1. The standard InChI is InChI=1S/C22H24N8O3/c1-2-32-16-5-3-15(4-6-16)29-11-19(20(28-29)17-7-8-24-13-25-17)30-10-14(9-26-30)22-27-18(12-33-22)21(23)31/h7-13,15-16H,2-6H2,1H3,(H2,23,31). The summed E-state index contributed by atoms with van der Waals surface area (Å²) in [5, 5.41) is 9.37. The molecule has 0 aromatic carbocycles. The summed E-state index contributed by atoms with van der Waals surface area (Å²) in [6.45, 7) is 2.78. The van der Waals surface area contributed by atoms with Crippen LogP contribution in [0.25, 0.3) is 28.5 Å². The number of amides is 1. The first kappa shape index (κ1) is 21.0. The lowest BCUT2D eigenvalue weighted by molar-refractivity contribution is 0.0260. The van der Waals surface area contributed by atoms with Crippen molar-refractivity contribution in [3.8, 4) is 28.5 Å². The van der Waals surface area contributed by atoms with Crippen LogP contribution < -0.4 is 5.73 Å². The number of nitrogens with two attached hydrogens (primary N) is 1. The molecule has 1 aliphatic carbocycles. The molecule has 0 unspecified atom stereocenters. The van der Waals surface area contributed by atoms with Crippen molar-refractivity contribution in [3.05, 3.63) is 49.1 Å². The molecule has 1 saturated carbocycles. The van der Waals surface area contributed by atoms with Crippen LogP contribution in [0, 0.1) is 0 Å². The van der Waals surface area contributed by atoms with E-state index >= 15 is 0 Å². The molecule has 4 aromatic heterocycles. The molecule has 1 aliphatic rings. The molecule has 33 heavy (non-hydrogen) atoms. The second-order valence-electron chi connectivity index (χ2n) is 7.90. The number of aromatic nitrogens is 7. The highest BCUT2D eigenvalue weighted by molar-refractivity contribution is 5.90. The Morgan fingerprint density at radius 1 is 1.27 bits per heavy atom. The molecule has 0 saturated heterocycles. The fraction of sp³-hybridized carbons (Fsp3) is 0.364. The summed E-state index contributed by atoms with van der Waals surface area (Å²) < 4.78 is 14.9. The zero-order valence-electron chi connectivity index (χ0n) is 18.2. The maximum atomic E-state index is 11.3. The SMILES string of the molecule is CCOC1CCC(n2cc(-n3cc(-c4nc(C(N)=O)co4)cn3)c(-c3ccncn3)n2)CC1. The largest absolute Gasteiger partial charge is 0.444 e. The third-order valence-electron chi connectivity index (χ3n) is 5.79. The molecule has 0 bridgehead atoms. The first-order chi connectivity index (χ1) is 16.1. The molecule has 0 spiro atoms. The Bertz CT molecular complexity index is 1240. The molecule has 0 atom stereocenters. The summed E-state index contributed by atoms with van der Waals surface area (Å²) in [6, 6.07) is 2.09. The first-order valence-electron chi connectivity index (χ1n) is 10.9. The Kier molecular flexibility index (Phi) is 5.69. The van der Waals surface area contributed by atoms with Crippen LogP contribution in [0.3, 0.4) is 0 Å². The third kappa shape index (κ3) is 4.27. The predicted octanol–water partition coefficient (Wildman–Crippen LogP) is 2.80. The summed E-state index contributed by atoms with van der Waals surface area (Å²) in [4.78, 5) is 23.9. The molecule has 2 N–H and O–H groups in total. The van der Waals surface area contributed by atoms with Crippen LogP contribution in [0.15, 0.2) is 47.9 Å². The molecule has 4 heterocycles. The van der Waals surface area contributed by atoms with Gasteiger partial charge in [-0.15, -0.1) is 0 Å². The van der Waals surface area contributed by atoms with Gasteiger partial charge >= 0.3 is 0 Å². The summed E-state index contributed by atoms with van der Waals surface area (Å²) in [7, 11) is 0. The second-order valence-corrected chi connectivity index (χ2v) is 7.90. The van der Waals surface area contributed by atoms with Gasteiger partial charge < -0.3 is 14.9 Å². The van der Waals surface area contributed by atoms with E-state index in [-0.39, 0.29) is 17.6 Å². The molecule has 170 valence electrons. The topological polar surface area (TPSA) is 140 Å².